The van der Waals surface area contributed by atoms with E-state index in [4.69, 9.17) is 0 Å². The number of hydrogen-bond acceptors (Lipinski definition) is 3. The predicted molar refractivity (Wildman–Crippen MR) is 107 cm³/mol. The van der Waals surface area contributed by atoms with Crippen molar-refractivity contribution in [1.29, 1.82) is 0 Å². The number of carbonyl (C=O) groups is 1. The first-order chi connectivity index (χ1) is 13.6. The molecule has 4 aliphatic rings. The minimum Gasteiger partial charge on any atom is -0.350 e. The van der Waals surface area contributed by atoms with Gasteiger partial charge in [0.15, 0.2) is 0 Å². The molecule has 0 radical (unpaired) electrons. The van der Waals surface area contributed by atoms with E-state index in [1.165, 1.54) is 49.3 Å². The molecule has 1 heterocycles. The lowest BCUT2D eigenvalue weighted by atomic mass is 9.49. The molecule has 0 atom stereocenters. The van der Waals surface area contributed by atoms with E-state index >= 15 is 0 Å². The average Bonchev–Trinajstić information content (AvgIpc) is 2.68. The van der Waals surface area contributed by atoms with Crippen LogP contribution in [0.25, 0.3) is 0 Å². The maximum absolute atomic E-state index is 12.8. The molecule has 2 aromatic rings. The smallest absolute Gasteiger partial charge is 0.271 e. The Kier molecular flexibility index (Phi) is 4.33. The Balaban J connectivity index is 1.28. The minimum absolute atomic E-state index is 0.169. The zero-order valence-electron chi connectivity index (χ0n) is 16.1. The highest BCUT2D eigenvalue weighted by atomic mass is 16.2. The molecule has 6 rings (SSSR count). The first kappa shape index (κ1) is 17.7. The molecule has 4 bridgehead atoms. The Labute approximate surface area is 165 Å². The van der Waals surface area contributed by atoms with Gasteiger partial charge in [-0.15, -0.1) is 0 Å². The molecule has 4 fully saturated rings. The first-order valence-corrected chi connectivity index (χ1v) is 10.5. The van der Waals surface area contributed by atoms with Gasteiger partial charge in [0.25, 0.3) is 11.5 Å². The molecule has 5 nitrogen and oxygen atoms in total. The number of amides is 1. The van der Waals surface area contributed by atoms with Crippen LogP contribution in [0, 0.1) is 23.2 Å². The first-order valence-electron chi connectivity index (χ1n) is 10.5. The third kappa shape index (κ3) is 3.38. The van der Waals surface area contributed by atoms with Crippen molar-refractivity contribution in [2.45, 2.75) is 45.1 Å². The van der Waals surface area contributed by atoms with E-state index in [2.05, 4.69) is 10.4 Å². The van der Waals surface area contributed by atoms with Gasteiger partial charge in [0.2, 0.25) is 0 Å². The molecule has 5 heteroatoms. The summed E-state index contributed by atoms with van der Waals surface area (Å²) in [5.41, 5.74) is 1.41. The Bertz CT molecular complexity index is 899. The fourth-order valence-electron chi connectivity index (χ4n) is 6.30. The fraction of sp³-hybridized carbons (Fsp3) is 0.522. The fourth-order valence-corrected chi connectivity index (χ4v) is 6.30. The van der Waals surface area contributed by atoms with Crippen LogP contribution in [-0.4, -0.2) is 22.2 Å². The van der Waals surface area contributed by atoms with Crippen molar-refractivity contribution in [2.75, 3.05) is 6.54 Å². The molecule has 4 aliphatic carbocycles. The number of rotatable bonds is 5. The van der Waals surface area contributed by atoms with Crippen LogP contribution in [0.2, 0.25) is 0 Å². The lowest BCUT2D eigenvalue weighted by Crippen LogP contribution is -2.51. The van der Waals surface area contributed by atoms with Gasteiger partial charge >= 0.3 is 0 Å². The third-order valence-electron chi connectivity index (χ3n) is 7.06. The molecule has 0 saturated heterocycles. The van der Waals surface area contributed by atoms with Crippen LogP contribution in [0.5, 0.6) is 0 Å². The van der Waals surface area contributed by atoms with Gasteiger partial charge in [0, 0.05) is 12.6 Å². The Morgan fingerprint density at radius 3 is 2.29 bits per heavy atom. The summed E-state index contributed by atoms with van der Waals surface area (Å²) < 4.78 is 1.37. The number of carbonyl (C=O) groups excluding carboxylic acids is 1. The molecule has 4 saturated carbocycles. The molecular weight excluding hydrogens is 350 g/mol. The molecular formula is C23H27N3O2. The normalized spacial score (nSPS) is 30.4. The highest BCUT2D eigenvalue weighted by Gasteiger charge is 2.50. The van der Waals surface area contributed by atoms with E-state index in [1.54, 1.807) is 6.07 Å². The maximum atomic E-state index is 12.8. The standard InChI is InChI=1S/C23H27N3O2/c27-21-7-6-20(25-26(21)14-16-4-2-1-3-5-16)22(28)24-15-23-11-17-8-18(12-23)10-19(9-17)13-23/h1-7,17-19H,8-15H2,(H,24,28). The summed E-state index contributed by atoms with van der Waals surface area (Å²) in [5.74, 6) is 2.44. The summed E-state index contributed by atoms with van der Waals surface area (Å²) in [7, 11) is 0. The van der Waals surface area contributed by atoms with Gasteiger partial charge in [-0.3, -0.25) is 9.59 Å². The minimum atomic E-state index is -0.193. The third-order valence-corrected chi connectivity index (χ3v) is 7.06. The highest BCUT2D eigenvalue weighted by Crippen LogP contribution is 2.59. The van der Waals surface area contributed by atoms with Gasteiger partial charge in [0.1, 0.15) is 5.69 Å². The molecule has 1 aromatic carbocycles. The van der Waals surface area contributed by atoms with Crippen molar-refractivity contribution in [1.82, 2.24) is 15.1 Å². The Morgan fingerprint density at radius 2 is 1.64 bits per heavy atom. The molecule has 1 aromatic heterocycles. The van der Waals surface area contributed by atoms with E-state index in [1.807, 2.05) is 30.3 Å². The number of nitrogens with zero attached hydrogens (tertiary/aromatic N) is 2. The SMILES string of the molecule is O=C(NCC12CC3CC(CC(C3)C1)C2)c1ccc(=O)n(Cc2ccccc2)n1. The quantitative estimate of drug-likeness (QED) is 0.870. The predicted octanol–water partition coefficient (Wildman–Crippen LogP) is 3.24. The van der Waals surface area contributed by atoms with Crippen LogP contribution < -0.4 is 10.9 Å². The zero-order chi connectivity index (χ0) is 19.1. The summed E-state index contributed by atoms with van der Waals surface area (Å²) in [4.78, 5) is 24.9. The average molecular weight is 377 g/mol. The van der Waals surface area contributed by atoms with E-state index < -0.39 is 0 Å². The second-order valence-electron chi connectivity index (χ2n) is 9.30. The van der Waals surface area contributed by atoms with Crippen LogP contribution >= 0.6 is 0 Å². The molecule has 0 aliphatic heterocycles. The summed E-state index contributed by atoms with van der Waals surface area (Å²) in [5, 5.41) is 7.47. The summed E-state index contributed by atoms with van der Waals surface area (Å²) in [6, 6.07) is 12.7. The largest absolute Gasteiger partial charge is 0.350 e. The molecule has 1 N–H and O–H groups in total. The van der Waals surface area contributed by atoms with Crippen LogP contribution in [0.15, 0.2) is 47.3 Å². The van der Waals surface area contributed by atoms with Crippen molar-refractivity contribution < 1.29 is 4.79 Å². The van der Waals surface area contributed by atoms with Crippen molar-refractivity contribution >= 4 is 5.91 Å². The van der Waals surface area contributed by atoms with Gasteiger partial charge in [0.05, 0.1) is 6.54 Å². The number of benzene rings is 1. The lowest BCUT2D eigenvalue weighted by molar-refractivity contribution is -0.0503. The van der Waals surface area contributed by atoms with E-state index in [0.29, 0.717) is 17.7 Å². The van der Waals surface area contributed by atoms with Crippen molar-refractivity contribution in [3.05, 3.63) is 64.1 Å². The van der Waals surface area contributed by atoms with Crippen LogP contribution in [0.1, 0.15) is 54.6 Å². The van der Waals surface area contributed by atoms with Gasteiger partial charge < -0.3 is 5.32 Å². The maximum Gasteiger partial charge on any atom is 0.271 e. The summed E-state index contributed by atoms with van der Waals surface area (Å²) >= 11 is 0. The molecule has 0 spiro atoms. The number of nitrogens with one attached hydrogen (secondary N) is 1. The van der Waals surface area contributed by atoms with Gasteiger partial charge in [-0.05, 0) is 73.3 Å². The zero-order valence-corrected chi connectivity index (χ0v) is 16.1. The monoisotopic (exact) mass is 377 g/mol. The van der Waals surface area contributed by atoms with Gasteiger partial charge in [-0.25, -0.2) is 4.68 Å². The summed E-state index contributed by atoms with van der Waals surface area (Å²) in [6.45, 7) is 1.12. The Hall–Kier alpha value is -2.43. The van der Waals surface area contributed by atoms with E-state index in [-0.39, 0.29) is 11.5 Å². The topological polar surface area (TPSA) is 64.0 Å². The molecule has 1 amide bonds. The van der Waals surface area contributed by atoms with Crippen molar-refractivity contribution in [3.63, 3.8) is 0 Å². The van der Waals surface area contributed by atoms with Gasteiger partial charge in [-0.1, -0.05) is 30.3 Å². The molecule has 28 heavy (non-hydrogen) atoms. The van der Waals surface area contributed by atoms with Crippen molar-refractivity contribution in [2.24, 2.45) is 23.2 Å². The van der Waals surface area contributed by atoms with Crippen molar-refractivity contribution in [3.8, 4) is 0 Å². The van der Waals surface area contributed by atoms with Crippen LogP contribution in [0.3, 0.4) is 0 Å². The lowest BCUT2D eigenvalue weighted by Gasteiger charge is -2.56. The second-order valence-corrected chi connectivity index (χ2v) is 9.30. The van der Waals surface area contributed by atoms with Crippen LogP contribution in [-0.2, 0) is 6.54 Å². The Morgan fingerprint density at radius 1 is 1.00 bits per heavy atom. The number of hydrogen-bond donors (Lipinski definition) is 1. The second kappa shape index (κ2) is 6.87. The van der Waals surface area contributed by atoms with Gasteiger partial charge in [-0.2, -0.15) is 5.10 Å². The molecule has 0 unspecified atom stereocenters. The summed E-state index contributed by atoms with van der Waals surface area (Å²) in [6.07, 6.45) is 8.00. The highest BCUT2D eigenvalue weighted by molar-refractivity contribution is 5.92. The van der Waals surface area contributed by atoms with E-state index in [9.17, 15) is 9.59 Å². The van der Waals surface area contributed by atoms with Crippen LogP contribution in [0.4, 0.5) is 0 Å². The number of aromatic nitrogens is 2. The molecule has 146 valence electrons. The van der Waals surface area contributed by atoms with E-state index in [0.717, 1.165) is 29.9 Å².